The zero-order valence-corrected chi connectivity index (χ0v) is 23.5. The molecule has 2 fully saturated rings. The van der Waals surface area contributed by atoms with Crippen LogP contribution in [-0.4, -0.2) is 49.4 Å². The summed E-state index contributed by atoms with van der Waals surface area (Å²) in [7, 11) is 0. The van der Waals surface area contributed by atoms with Crippen molar-refractivity contribution in [3.63, 3.8) is 0 Å². The zero-order chi connectivity index (χ0) is 29.0. The third kappa shape index (κ3) is 9.01. The molecule has 0 aromatic heterocycles. The lowest BCUT2D eigenvalue weighted by atomic mass is 9.53. The number of piperidine rings is 1. The highest BCUT2D eigenvalue weighted by molar-refractivity contribution is 5.73. The first-order valence-electron chi connectivity index (χ1n) is 14.8. The molecule has 2 N–H and O–H groups in total. The third-order valence-electron chi connectivity index (χ3n) is 8.48. The first-order chi connectivity index (χ1) is 19.2. The number of rotatable bonds is 12. The minimum atomic E-state index is -5.08. The average Bonchev–Trinajstić information content (AvgIpc) is 2.92. The van der Waals surface area contributed by atoms with E-state index in [4.69, 9.17) is 24.1 Å². The summed E-state index contributed by atoms with van der Waals surface area (Å²) in [6, 6.07) is 7.09. The summed E-state index contributed by atoms with van der Waals surface area (Å²) >= 11 is 0. The van der Waals surface area contributed by atoms with E-state index in [2.05, 4.69) is 24.4 Å². The Morgan fingerprint density at radius 1 is 1.02 bits per heavy atom. The fourth-order valence-corrected chi connectivity index (χ4v) is 6.57. The van der Waals surface area contributed by atoms with E-state index in [0.29, 0.717) is 18.1 Å². The van der Waals surface area contributed by atoms with Crippen LogP contribution in [-0.2, 0) is 26.1 Å². The van der Waals surface area contributed by atoms with Crippen LogP contribution in [0.1, 0.15) is 102 Å². The number of nitrogens with one attached hydrogen (secondary N) is 1. The lowest BCUT2D eigenvalue weighted by Gasteiger charge is -2.56. The van der Waals surface area contributed by atoms with Gasteiger partial charge in [0.15, 0.2) is 0 Å². The number of alkyl halides is 3. The molecule has 7 nitrogen and oxygen atoms in total. The Labute approximate surface area is 235 Å². The molecule has 2 aliphatic carbocycles. The Kier molecular flexibility index (Phi) is 12.4. The third-order valence-corrected chi connectivity index (χ3v) is 8.48. The van der Waals surface area contributed by atoms with Crippen molar-refractivity contribution < 1.29 is 42.1 Å². The lowest BCUT2D eigenvalue weighted by Crippen LogP contribution is -2.59. The fraction of sp³-hybridized carbons (Fsp3) is 0.733. The number of carboxylic acids is 1. The van der Waals surface area contributed by atoms with Crippen molar-refractivity contribution in [2.24, 2.45) is 5.92 Å². The van der Waals surface area contributed by atoms with Gasteiger partial charge in [0.2, 0.25) is 6.79 Å². The highest BCUT2D eigenvalue weighted by Gasteiger charge is 2.51. The second-order valence-corrected chi connectivity index (χ2v) is 11.1. The maximum absolute atomic E-state index is 11.9. The molecule has 10 heteroatoms. The van der Waals surface area contributed by atoms with Crippen molar-refractivity contribution in [2.45, 2.75) is 114 Å². The molecule has 1 saturated carbocycles. The van der Waals surface area contributed by atoms with E-state index in [1.54, 1.807) is 0 Å². The van der Waals surface area contributed by atoms with Gasteiger partial charge in [0.25, 0.3) is 0 Å². The van der Waals surface area contributed by atoms with Crippen molar-refractivity contribution in [1.29, 1.82) is 0 Å². The molecular weight excluding hydrogens is 527 g/mol. The average molecular weight is 572 g/mol. The molecule has 1 saturated heterocycles. The van der Waals surface area contributed by atoms with Crippen LogP contribution in [0.25, 0.3) is 0 Å². The number of fused-ring (bicyclic) bond motifs is 1. The van der Waals surface area contributed by atoms with Crippen molar-refractivity contribution in [3.05, 3.63) is 29.3 Å². The number of ether oxygens (including phenoxy) is 3. The minimum absolute atomic E-state index is 0.102. The van der Waals surface area contributed by atoms with Crippen LogP contribution in [0.2, 0.25) is 0 Å². The summed E-state index contributed by atoms with van der Waals surface area (Å²) in [6.07, 6.45) is 11.7. The summed E-state index contributed by atoms with van der Waals surface area (Å²) < 4.78 is 47.9. The molecule has 1 aromatic carbocycles. The number of carbonyl (C=O) groups is 2. The molecule has 40 heavy (non-hydrogen) atoms. The lowest BCUT2D eigenvalue weighted by molar-refractivity contribution is -0.192. The van der Waals surface area contributed by atoms with E-state index in [1.165, 1.54) is 81.8 Å². The molecule has 0 unspecified atom stereocenters. The second-order valence-electron chi connectivity index (χ2n) is 11.1. The largest absolute Gasteiger partial charge is 0.511 e. The van der Waals surface area contributed by atoms with Crippen molar-refractivity contribution in [3.8, 4) is 5.75 Å². The van der Waals surface area contributed by atoms with Gasteiger partial charge in [-0.1, -0.05) is 70.8 Å². The monoisotopic (exact) mass is 571 g/mol. The van der Waals surface area contributed by atoms with Gasteiger partial charge >= 0.3 is 18.3 Å². The first-order valence-corrected chi connectivity index (χ1v) is 14.8. The molecule has 0 radical (unpaired) electrons. The van der Waals surface area contributed by atoms with Crippen molar-refractivity contribution >= 4 is 12.1 Å². The predicted octanol–water partition coefficient (Wildman–Crippen LogP) is 7.30. The van der Waals surface area contributed by atoms with Crippen molar-refractivity contribution in [2.75, 3.05) is 19.9 Å². The highest BCUT2D eigenvalue weighted by atomic mass is 19.4. The number of halogens is 3. The Morgan fingerprint density at radius 3 is 2.42 bits per heavy atom. The van der Waals surface area contributed by atoms with Gasteiger partial charge in [0, 0.05) is 11.5 Å². The predicted molar refractivity (Wildman–Crippen MR) is 144 cm³/mol. The molecule has 1 aromatic rings. The molecule has 3 atom stereocenters. The topological polar surface area (TPSA) is 94.1 Å². The van der Waals surface area contributed by atoms with Gasteiger partial charge in [0.05, 0.1) is 6.61 Å². The van der Waals surface area contributed by atoms with E-state index in [0.717, 1.165) is 37.5 Å². The van der Waals surface area contributed by atoms with Crippen LogP contribution in [0.3, 0.4) is 0 Å². The zero-order valence-electron chi connectivity index (χ0n) is 23.5. The summed E-state index contributed by atoms with van der Waals surface area (Å²) in [5.41, 5.74) is 3.25. The van der Waals surface area contributed by atoms with Crippen LogP contribution in [0.5, 0.6) is 5.75 Å². The summed E-state index contributed by atoms with van der Waals surface area (Å²) in [5.74, 6) is -1.22. The standard InChI is InChI=1S/C28H43NO4.C2HF3O2/c1-2-3-4-5-6-7-8-11-18-31-27(30)33-21-32-23-14-13-22-19-26-24-12-9-10-15-28(24,16-17-29-26)25(22)20-23;3-2(4,5)1(6)7/h13-14,20,24,26,29H,2-12,15-19,21H2,1H3;(H,6,7)/t24-,26-,28+;/m1./s1. The van der Waals surface area contributed by atoms with Gasteiger partial charge < -0.3 is 24.6 Å². The minimum Gasteiger partial charge on any atom is -0.475 e. The van der Waals surface area contributed by atoms with E-state index >= 15 is 0 Å². The number of benzene rings is 1. The quantitative estimate of drug-likeness (QED) is 0.154. The van der Waals surface area contributed by atoms with Gasteiger partial charge in [0.1, 0.15) is 5.75 Å². The summed E-state index contributed by atoms with van der Waals surface area (Å²) in [5, 5.41) is 10.9. The Hall–Kier alpha value is -2.49. The molecule has 1 aliphatic heterocycles. The van der Waals surface area contributed by atoms with Gasteiger partial charge in [-0.05, 0) is 67.8 Å². The van der Waals surface area contributed by atoms with E-state index in [-0.39, 0.29) is 6.79 Å². The molecule has 4 rings (SSSR count). The molecule has 1 heterocycles. The van der Waals surface area contributed by atoms with Gasteiger partial charge in [-0.3, -0.25) is 0 Å². The van der Waals surface area contributed by atoms with Crippen LogP contribution >= 0.6 is 0 Å². The van der Waals surface area contributed by atoms with E-state index < -0.39 is 18.3 Å². The van der Waals surface area contributed by atoms with Crippen LogP contribution in [0.15, 0.2) is 18.2 Å². The van der Waals surface area contributed by atoms with E-state index in [9.17, 15) is 18.0 Å². The number of aliphatic carboxylic acids is 1. The molecular formula is C30H44F3NO6. The fourth-order valence-electron chi connectivity index (χ4n) is 6.57. The maximum atomic E-state index is 11.9. The van der Waals surface area contributed by atoms with Crippen LogP contribution in [0.4, 0.5) is 18.0 Å². The summed E-state index contributed by atoms with van der Waals surface area (Å²) in [4.78, 5) is 20.8. The SMILES string of the molecule is CCCCCCCCCCOC(=O)OCOc1ccc2c(c1)[C@]13CCCC[C@@H]1[C@@H](C2)NCC3.O=C(O)C(F)(F)F. The van der Waals surface area contributed by atoms with Gasteiger partial charge in [-0.25, -0.2) is 9.59 Å². The Morgan fingerprint density at radius 2 is 1.73 bits per heavy atom. The van der Waals surface area contributed by atoms with Crippen LogP contribution in [0, 0.1) is 5.92 Å². The van der Waals surface area contributed by atoms with E-state index in [1.807, 2.05) is 6.07 Å². The Bertz CT molecular complexity index is 952. The number of hydrogen-bond donors (Lipinski definition) is 2. The highest BCUT2D eigenvalue weighted by Crippen LogP contribution is 2.54. The molecule has 2 bridgehead atoms. The maximum Gasteiger partial charge on any atom is 0.511 e. The molecule has 0 spiro atoms. The smallest absolute Gasteiger partial charge is 0.475 e. The van der Waals surface area contributed by atoms with Gasteiger partial charge in [-0.2, -0.15) is 13.2 Å². The number of unbranched alkanes of at least 4 members (excludes halogenated alkanes) is 7. The first kappa shape index (κ1) is 32.0. The molecule has 226 valence electrons. The van der Waals surface area contributed by atoms with Crippen molar-refractivity contribution in [1.82, 2.24) is 5.32 Å². The second kappa shape index (κ2) is 15.5. The van der Waals surface area contributed by atoms with Crippen LogP contribution < -0.4 is 10.1 Å². The normalized spacial score (nSPS) is 23.1. The molecule has 3 aliphatic rings. The number of carboxylic acid groups (broad SMARTS) is 1. The Balaban J connectivity index is 0.000000559. The summed E-state index contributed by atoms with van der Waals surface area (Å²) in [6.45, 7) is 3.67. The van der Waals surface area contributed by atoms with Gasteiger partial charge in [-0.15, -0.1) is 0 Å². The number of hydrogen-bond acceptors (Lipinski definition) is 6. The number of carbonyl (C=O) groups excluding carboxylic acids is 1. The molecule has 0 amide bonds.